The van der Waals surface area contributed by atoms with Gasteiger partial charge in [0.05, 0.1) is 18.3 Å². The molecule has 0 amide bonds. The number of hydrogen-bond acceptors (Lipinski definition) is 3. The zero-order valence-electron chi connectivity index (χ0n) is 12.9. The molecule has 2 atom stereocenters. The van der Waals surface area contributed by atoms with Crippen molar-refractivity contribution in [2.24, 2.45) is 0 Å². The number of phenols is 1. The Bertz CT molecular complexity index is 734. The fraction of sp³-hybridized carbons (Fsp3) is 0.353. The van der Waals surface area contributed by atoms with Gasteiger partial charge in [-0.3, -0.25) is 9.88 Å². The van der Waals surface area contributed by atoms with Gasteiger partial charge >= 0.3 is 6.18 Å². The second kappa shape index (κ2) is 6.37. The first-order chi connectivity index (χ1) is 11.2. The summed E-state index contributed by atoms with van der Waals surface area (Å²) in [6, 6.07) is 7.40. The average molecular weight is 401 g/mol. The summed E-state index contributed by atoms with van der Waals surface area (Å²) in [7, 11) is 0. The summed E-state index contributed by atoms with van der Waals surface area (Å²) in [6.07, 6.45) is -2.26. The van der Waals surface area contributed by atoms with E-state index in [1.165, 1.54) is 11.0 Å². The third kappa shape index (κ3) is 3.57. The molecule has 0 spiro atoms. The van der Waals surface area contributed by atoms with Gasteiger partial charge in [0.2, 0.25) is 0 Å². The Hall–Kier alpha value is -1.60. The molecule has 0 saturated heterocycles. The number of aromatic nitrogens is 1. The van der Waals surface area contributed by atoms with Crippen molar-refractivity contribution in [3.63, 3.8) is 0 Å². The quantitative estimate of drug-likeness (QED) is 0.808. The van der Waals surface area contributed by atoms with Crippen LogP contribution in [-0.2, 0) is 6.42 Å². The summed E-state index contributed by atoms with van der Waals surface area (Å²) < 4.78 is 40.1. The van der Waals surface area contributed by atoms with Crippen molar-refractivity contribution in [3.05, 3.63) is 57.8 Å². The van der Waals surface area contributed by atoms with Gasteiger partial charge in [-0.25, -0.2) is 0 Å². The number of pyridine rings is 1. The lowest BCUT2D eigenvalue weighted by molar-refractivity contribution is -0.155. The van der Waals surface area contributed by atoms with Gasteiger partial charge in [0.25, 0.3) is 0 Å². The third-order valence-corrected chi connectivity index (χ3v) is 4.70. The second-order valence-electron chi connectivity index (χ2n) is 6.03. The Morgan fingerprint density at radius 2 is 2.04 bits per heavy atom. The molecule has 3 nitrogen and oxygen atoms in total. The van der Waals surface area contributed by atoms with E-state index in [0.29, 0.717) is 12.1 Å². The summed E-state index contributed by atoms with van der Waals surface area (Å²) in [5.41, 5.74) is 2.17. The zero-order valence-corrected chi connectivity index (χ0v) is 14.5. The van der Waals surface area contributed by atoms with E-state index < -0.39 is 18.8 Å². The number of fused-ring (bicyclic) bond motifs is 1. The van der Waals surface area contributed by atoms with E-state index in [-0.39, 0.29) is 11.8 Å². The molecule has 1 aliphatic rings. The molecule has 2 heterocycles. The van der Waals surface area contributed by atoms with Gasteiger partial charge in [-0.2, -0.15) is 13.2 Å². The van der Waals surface area contributed by atoms with Crippen LogP contribution in [0.25, 0.3) is 0 Å². The molecule has 24 heavy (non-hydrogen) atoms. The molecule has 1 aliphatic heterocycles. The number of aromatic hydroxyl groups is 1. The van der Waals surface area contributed by atoms with E-state index in [0.717, 1.165) is 15.6 Å². The lowest BCUT2D eigenvalue weighted by atomic mass is 9.86. The highest BCUT2D eigenvalue weighted by Crippen LogP contribution is 2.40. The molecule has 0 unspecified atom stereocenters. The van der Waals surface area contributed by atoms with Crippen LogP contribution < -0.4 is 0 Å². The van der Waals surface area contributed by atoms with Crippen molar-refractivity contribution in [1.82, 2.24) is 9.88 Å². The van der Waals surface area contributed by atoms with E-state index in [4.69, 9.17) is 0 Å². The van der Waals surface area contributed by atoms with Crippen LogP contribution in [0.5, 0.6) is 5.75 Å². The Labute approximate surface area is 146 Å². The van der Waals surface area contributed by atoms with Crippen LogP contribution in [0, 0.1) is 0 Å². The van der Waals surface area contributed by atoms with Crippen LogP contribution in [0.2, 0.25) is 0 Å². The molecule has 0 radical (unpaired) electrons. The fourth-order valence-corrected chi connectivity index (χ4v) is 3.47. The lowest BCUT2D eigenvalue weighted by Gasteiger charge is -2.42. The van der Waals surface area contributed by atoms with E-state index in [2.05, 4.69) is 20.9 Å². The maximum Gasteiger partial charge on any atom is 0.401 e. The highest BCUT2D eigenvalue weighted by molar-refractivity contribution is 9.10. The molecule has 1 aromatic carbocycles. The number of phenolic OH excluding ortho intramolecular Hbond substituents is 1. The Kier molecular flexibility index (Phi) is 4.57. The summed E-state index contributed by atoms with van der Waals surface area (Å²) in [5, 5.41) is 9.70. The number of hydrogen-bond donors (Lipinski definition) is 1. The topological polar surface area (TPSA) is 36.4 Å². The van der Waals surface area contributed by atoms with Crippen molar-refractivity contribution >= 4 is 15.9 Å². The second-order valence-corrected chi connectivity index (χ2v) is 6.94. The highest BCUT2D eigenvalue weighted by atomic mass is 79.9. The van der Waals surface area contributed by atoms with Crippen molar-refractivity contribution in [3.8, 4) is 5.75 Å². The number of benzene rings is 1. The van der Waals surface area contributed by atoms with Crippen molar-refractivity contribution < 1.29 is 18.3 Å². The largest absolute Gasteiger partial charge is 0.508 e. The van der Waals surface area contributed by atoms with Crippen molar-refractivity contribution in [1.29, 1.82) is 0 Å². The van der Waals surface area contributed by atoms with Gasteiger partial charge in [-0.05, 0) is 64.7 Å². The first-order valence-corrected chi connectivity index (χ1v) is 8.29. The third-order valence-electron chi connectivity index (χ3n) is 4.23. The highest BCUT2D eigenvalue weighted by Gasteiger charge is 2.41. The number of alkyl halides is 3. The minimum Gasteiger partial charge on any atom is -0.508 e. The molecular weight excluding hydrogens is 385 g/mol. The molecule has 0 bridgehead atoms. The van der Waals surface area contributed by atoms with E-state index in [1.54, 1.807) is 37.4 Å². The fourth-order valence-electron chi connectivity index (χ4n) is 3.24. The molecule has 0 saturated carbocycles. The van der Waals surface area contributed by atoms with E-state index in [9.17, 15) is 18.3 Å². The first-order valence-electron chi connectivity index (χ1n) is 7.50. The average Bonchev–Trinajstić information content (AvgIpc) is 2.48. The Morgan fingerprint density at radius 3 is 2.67 bits per heavy atom. The smallest absolute Gasteiger partial charge is 0.401 e. The molecule has 0 aliphatic carbocycles. The maximum absolute atomic E-state index is 13.1. The van der Waals surface area contributed by atoms with Gasteiger partial charge in [-0.15, -0.1) is 0 Å². The van der Waals surface area contributed by atoms with E-state index >= 15 is 0 Å². The van der Waals surface area contributed by atoms with Gasteiger partial charge in [0.1, 0.15) is 5.75 Å². The Balaban J connectivity index is 2.11. The summed E-state index contributed by atoms with van der Waals surface area (Å²) in [5.74, 6) is 0.118. The van der Waals surface area contributed by atoms with Crippen LogP contribution >= 0.6 is 15.9 Å². The summed E-state index contributed by atoms with van der Waals surface area (Å²) in [6.45, 7) is 0.765. The minimum absolute atomic E-state index is 0.118. The molecule has 128 valence electrons. The molecule has 3 rings (SSSR count). The zero-order chi connectivity index (χ0) is 17.5. The summed E-state index contributed by atoms with van der Waals surface area (Å²) in [4.78, 5) is 5.75. The van der Waals surface area contributed by atoms with Gasteiger partial charge in [0, 0.05) is 16.7 Å². The van der Waals surface area contributed by atoms with Crippen molar-refractivity contribution in [2.45, 2.75) is 31.6 Å². The van der Waals surface area contributed by atoms with Gasteiger partial charge < -0.3 is 5.11 Å². The number of halogens is 4. The molecule has 1 aromatic heterocycles. The Morgan fingerprint density at radius 1 is 1.29 bits per heavy atom. The van der Waals surface area contributed by atoms with E-state index in [1.807, 2.05) is 0 Å². The van der Waals surface area contributed by atoms with Gasteiger partial charge in [0.15, 0.2) is 0 Å². The summed E-state index contributed by atoms with van der Waals surface area (Å²) >= 11 is 3.30. The maximum atomic E-state index is 13.1. The number of nitrogens with zero attached hydrogens (tertiary/aromatic N) is 2. The van der Waals surface area contributed by atoms with Crippen LogP contribution in [0.15, 0.2) is 41.0 Å². The minimum atomic E-state index is -4.30. The molecule has 7 heteroatoms. The van der Waals surface area contributed by atoms with Crippen LogP contribution in [0.4, 0.5) is 13.2 Å². The van der Waals surface area contributed by atoms with Crippen LogP contribution in [-0.4, -0.2) is 33.8 Å². The van der Waals surface area contributed by atoms with Crippen LogP contribution in [0.1, 0.15) is 29.8 Å². The van der Waals surface area contributed by atoms with Crippen molar-refractivity contribution in [2.75, 3.05) is 6.54 Å². The first kappa shape index (κ1) is 17.2. The molecule has 2 aromatic rings. The number of rotatable bonds is 2. The standard InChI is InChI=1S/C17H16BrF3N2O/c1-10-6-11-7-13(24)3-4-14(11)16(23(10)9-17(19,20)21)15-5-2-12(18)8-22-15/h2-5,7-8,10,16,24H,6,9H2,1H3/t10-,16+/m1/s1. The normalized spacial score (nSPS) is 21.5. The molecule has 1 N–H and O–H groups in total. The monoisotopic (exact) mass is 400 g/mol. The predicted molar refractivity (Wildman–Crippen MR) is 87.8 cm³/mol. The van der Waals surface area contributed by atoms with Gasteiger partial charge in [-0.1, -0.05) is 6.07 Å². The predicted octanol–water partition coefficient (Wildman–Crippen LogP) is 4.45. The van der Waals surface area contributed by atoms with Crippen LogP contribution in [0.3, 0.4) is 0 Å². The molecular formula is C17H16BrF3N2O. The lowest BCUT2D eigenvalue weighted by Crippen LogP contribution is -2.47. The molecule has 0 fully saturated rings. The SMILES string of the molecule is C[C@@H]1Cc2cc(O)ccc2[C@@H](c2ccc(Br)cn2)N1CC(F)(F)F.